The molecule has 4 nitrogen and oxygen atoms in total. The van der Waals surface area contributed by atoms with Crippen LogP contribution in [0.5, 0.6) is 11.5 Å². The van der Waals surface area contributed by atoms with Crippen molar-refractivity contribution in [2.24, 2.45) is 17.8 Å². The molecule has 1 aromatic heterocycles. The van der Waals surface area contributed by atoms with Crippen LogP contribution in [0.3, 0.4) is 0 Å². The summed E-state index contributed by atoms with van der Waals surface area (Å²) in [7, 11) is 0. The zero-order valence-electron chi connectivity index (χ0n) is 21.9. The second kappa shape index (κ2) is 12.8. The zero-order valence-corrected chi connectivity index (χ0v) is 21.9. The molecular formula is C31H43NO3. The highest BCUT2D eigenvalue weighted by Gasteiger charge is 2.15. The van der Waals surface area contributed by atoms with Gasteiger partial charge in [0.25, 0.3) is 0 Å². The van der Waals surface area contributed by atoms with E-state index in [1.807, 2.05) is 12.1 Å². The monoisotopic (exact) mass is 477 g/mol. The van der Waals surface area contributed by atoms with Gasteiger partial charge in [-0.1, -0.05) is 84.8 Å². The molecular weight excluding hydrogens is 434 g/mol. The first kappa shape index (κ1) is 26.8. The van der Waals surface area contributed by atoms with Crippen molar-refractivity contribution in [1.82, 2.24) is 0 Å². The second-order valence-corrected chi connectivity index (χ2v) is 10.9. The standard InChI is InChI=1S/C31H43NO3/c1-21(2)8-5-9-22(3)10-6-11-23(4)12-7-13-28-30(24-14-16-25(33)17-15-24)31(32)27-19-18-26(34)20-29(27)35-28/h14-23,32-34H,5-13H2,1-4H3/t22-,23-/m1/s1. The lowest BCUT2D eigenvalue weighted by Crippen LogP contribution is -2.10. The third kappa shape index (κ3) is 7.88. The molecule has 35 heavy (non-hydrogen) atoms. The summed E-state index contributed by atoms with van der Waals surface area (Å²) < 4.78 is 6.25. The van der Waals surface area contributed by atoms with Crippen LogP contribution in [-0.2, 0) is 6.42 Å². The van der Waals surface area contributed by atoms with E-state index < -0.39 is 0 Å². The summed E-state index contributed by atoms with van der Waals surface area (Å²) in [4.78, 5) is 0. The molecule has 2 aromatic carbocycles. The molecule has 0 aliphatic carbocycles. The third-order valence-corrected chi connectivity index (χ3v) is 7.13. The Labute approximate surface area is 210 Å². The number of aryl methyl sites for hydroxylation is 1. The van der Waals surface area contributed by atoms with Crippen molar-refractivity contribution in [2.75, 3.05) is 0 Å². The van der Waals surface area contributed by atoms with Crippen LogP contribution in [-0.4, -0.2) is 10.2 Å². The van der Waals surface area contributed by atoms with Crippen molar-refractivity contribution in [1.29, 1.82) is 5.41 Å². The van der Waals surface area contributed by atoms with Crippen LogP contribution in [0.1, 0.15) is 84.8 Å². The van der Waals surface area contributed by atoms with Crippen molar-refractivity contribution in [3.05, 3.63) is 53.6 Å². The van der Waals surface area contributed by atoms with Crippen molar-refractivity contribution in [3.63, 3.8) is 0 Å². The Hall–Kier alpha value is -2.75. The summed E-state index contributed by atoms with van der Waals surface area (Å²) in [5, 5.41) is 29.6. The van der Waals surface area contributed by atoms with Gasteiger partial charge in [0.1, 0.15) is 22.8 Å². The summed E-state index contributed by atoms with van der Waals surface area (Å²) >= 11 is 0. The van der Waals surface area contributed by atoms with Crippen LogP contribution in [0, 0.1) is 23.2 Å². The van der Waals surface area contributed by atoms with Crippen LogP contribution in [0.25, 0.3) is 22.1 Å². The Bertz CT molecular complexity index is 1130. The molecule has 0 aliphatic heterocycles. The molecule has 0 saturated carbocycles. The van der Waals surface area contributed by atoms with Gasteiger partial charge in [-0.3, -0.25) is 5.41 Å². The lowest BCUT2D eigenvalue weighted by atomic mass is 9.91. The van der Waals surface area contributed by atoms with Crippen molar-refractivity contribution in [2.45, 2.75) is 85.5 Å². The Morgan fingerprint density at radius 1 is 0.743 bits per heavy atom. The summed E-state index contributed by atoms with van der Waals surface area (Å²) in [6.07, 6.45) is 10.8. The quantitative estimate of drug-likeness (QED) is 0.231. The maximum absolute atomic E-state index is 9.92. The van der Waals surface area contributed by atoms with E-state index >= 15 is 0 Å². The highest BCUT2D eigenvalue weighted by atomic mass is 16.3. The normalized spacial score (nSPS) is 13.4. The fourth-order valence-electron chi connectivity index (χ4n) is 4.96. The Balaban J connectivity index is 1.62. The smallest absolute Gasteiger partial charge is 0.140 e. The van der Waals surface area contributed by atoms with Crippen molar-refractivity contribution >= 4 is 11.0 Å². The predicted octanol–water partition coefficient (Wildman–Crippen LogP) is 8.58. The average Bonchev–Trinajstić information content (AvgIpc) is 2.79. The molecule has 3 rings (SSSR count). The van der Waals surface area contributed by atoms with E-state index in [-0.39, 0.29) is 11.5 Å². The van der Waals surface area contributed by atoms with E-state index in [1.165, 1.54) is 38.5 Å². The molecule has 1 heterocycles. The molecule has 190 valence electrons. The first-order chi connectivity index (χ1) is 16.7. The number of phenols is 2. The molecule has 0 bridgehead atoms. The molecule has 3 N–H and O–H groups in total. The fraction of sp³-hybridized carbons (Fsp3) is 0.516. The molecule has 0 unspecified atom stereocenters. The molecule has 3 aromatic rings. The van der Waals surface area contributed by atoms with Gasteiger partial charge in [-0.2, -0.15) is 0 Å². The van der Waals surface area contributed by atoms with Crippen LogP contribution in [0.15, 0.2) is 46.9 Å². The number of benzene rings is 2. The van der Waals surface area contributed by atoms with Crippen molar-refractivity contribution < 1.29 is 14.6 Å². The van der Waals surface area contributed by atoms with Gasteiger partial charge >= 0.3 is 0 Å². The zero-order chi connectivity index (χ0) is 25.4. The number of nitrogens with one attached hydrogen (secondary N) is 1. The first-order valence-electron chi connectivity index (χ1n) is 13.4. The largest absolute Gasteiger partial charge is 0.508 e. The Kier molecular flexibility index (Phi) is 9.83. The number of rotatable bonds is 13. The van der Waals surface area contributed by atoms with Gasteiger partial charge in [-0.25, -0.2) is 0 Å². The van der Waals surface area contributed by atoms with Crippen LogP contribution in [0.4, 0.5) is 0 Å². The van der Waals surface area contributed by atoms with Gasteiger partial charge in [-0.15, -0.1) is 0 Å². The lowest BCUT2D eigenvalue weighted by Gasteiger charge is -2.16. The van der Waals surface area contributed by atoms with Crippen LogP contribution in [0.2, 0.25) is 0 Å². The van der Waals surface area contributed by atoms with Gasteiger partial charge in [0.15, 0.2) is 0 Å². The third-order valence-electron chi connectivity index (χ3n) is 7.13. The molecule has 2 atom stereocenters. The maximum Gasteiger partial charge on any atom is 0.140 e. The average molecular weight is 478 g/mol. The van der Waals surface area contributed by atoms with E-state index in [0.29, 0.717) is 22.2 Å². The molecule has 4 heteroatoms. The Morgan fingerprint density at radius 2 is 1.31 bits per heavy atom. The van der Waals surface area contributed by atoms with Gasteiger partial charge < -0.3 is 14.6 Å². The predicted molar refractivity (Wildman–Crippen MR) is 145 cm³/mol. The molecule has 0 amide bonds. The van der Waals surface area contributed by atoms with E-state index in [0.717, 1.165) is 48.0 Å². The SMILES string of the molecule is CC(C)CCC[C@@H](C)CCC[C@@H](C)CCCc1oc2cc(O)ccc2c(=N)c1-c1ccc(O)cc1. The Morgan fingerprint density at radius 3 is 1.94 bits per heavy atom. The van der Waals surface area contributed by atoms with E-state index in [4.69, 9.17) is 9.83 Å². The maximum atomic E-state index is 9.92. The van der Waals surface area contributed by atoms with Gasteiger partial charge in [0.05, 0.1) is 5.36 Å². The summed E-state index contributed by atoms with van der Waals surface area (Å²) in [6.45, 7) is 9.35. The summed E-state index contributed by atoms with van der Waals surface area (Å²) in [6, 6.07) is 11.9. The second-order valence-electron chi connectivity index (χ2n) is 10.9. The number of aromatic hydroxyl groups is 2. The number of hydrogen-bond donors (Lipinski definition) is 3. The molecule has 0 spiro atoms. The number of fused-ring (bicyclic) bond motifs is 1. The minimum Gasteiger partial charge on any atom is -0.508 e. The lowest BCUT2D eigenvalue weighted by molar-refractivity contribution is 0.386. The topological polar surface area (TPSA) is 77.5 Å². The molecule has 0 fully saturated rings. The number of hydrogen-bond acceptors (Lipinski definition) is 4. The van der Waals surface area contributed by atoms with E-state index in [2.05, 4.69) is 27.7 Å². The highest BCUT2D eigenvalue weighted by Crippen LogP contribution is 2.29. The molecule has 0 radical (unpaired) electrons. The van der Waals surface area contributed by atoms with Gasteiger partial charge in [-0.05, 0) is 54.0 Å². The fourth-order valence-corrected chi connectivity index (χ4v) is 4.96. The highest BCUT2D eigenvalue weighted by molar-refractivity contribution is 5.83. The van der Waals surface area contributed by atoms with Crippen LogP contribution < -0.4 is 5.36 Å². The summed E-state index contributed by atoms with van der Waals surface area (Å²) in [5.41, 5.74) is 2.17. The van der Waals surface area contributed by atoms with Crippen molar-refractivity contribution in [3.8, 4) is 22.6 Å². The van der Waals surface area contributed by atoms with Crippen LogP contribution >= 0.6 is 0 Å². The minimum atomic E-state index is 0.135. The first-order valence-corrected chi connectivity index (χ1v) is 13.4. The molecule has 0 aliphatic rings. The van der Waals surface area contributed by atoms with E-state index in [1.54, 1.807) is 30.3 Å². The van der Waals surface area contributed by atoms with Gasteiger partial charge in [0, 0.05) is 23.4 Å². The summed E-state index contributed by atoms with van der Waals surface area (Å²) in [5.74, 6) is 3.39. The minimum absolute atomic E-state index is 0.135. The molecule has 0 saturated heterocycles. The van der Waals surface area contributed by atoms with E-state index in [9.17, 15) is 10.2 Å². The number of phenolic OH excluding ortho intramolecular Hbond substituents is 2. The van der Waals surface area contributed by atoms with Gasteiger partial charge in [0.2, 0.25) is 0 Å².